The van der Waals surface area contributed by atoms with Gasteiger partial charge in [-0.1, -0.05) is 13.8 Å². The molecule has 0 radical (unpaired) electrons. The molecule has 17 heavy (non-hydrogen) atoms. The molecule has 1 rings (SSSR count). The lowest BCUT2D eigenvalue weighted by atomic mass is 9.88. The van der Waals surface area contributed by atoms with Crippen molar-refractivity contribution in [1.82, 2.24) is 5.32 Å². The number of thiophene rings is 1. The molecule has 0 saturated heterocycles. The highest BCUT2D eigenvalue weighted by Crippen LogP contribution is 2.21. The van der Waals surface area contributed by atoms with Gasteiger partial charge in [0.1, 0.15) is 6.07 Å². The van der Waals surface area contributed by atoms with E-state index in [-0.39, 0.29) is 12.0 Å². The van der Waals surface area contributed by atoms with Crippen LogP contribution in [0.5, 0.6) is 0 Å². The second kappa shape index (κ2) is 6.75. The van der Waals surface area contributed by atoms with Gasteiger partial charge in [-0.3, -0.25) is 0 Å². The molecule has 1 aromatic heterocycles. The minimum absolute atomic E-state index is 0.206. The first-order valence-corrected chi connectivity index (χ1v) is 6.74. The van der Waals surface area contributed by atoms with Gasteiger partial charge in [0.15, 0.2) is 0 Å². The molecule has 0 fully saturated rings. The van der Waals surface area contributed by atoms with Gasteiger partial charge < -0.3 is 10.4 Å². The fraction of sp³-hybridized carbons (Fsp3) is 0.615. The van der Waals surface area contributed by atoms with Crippen molar-refractivity contribution in [2.24, 2.45) is 5.41 Å². The van der Waals surface area contributed by atoms with Gasteiger partial charge in [0.2, 0.25) is 0 Å². The predicted molar refractivity (Wildman–Crippen MR) is 70.8 cm³/mol. The van der Waals surface area contributed by atoms with E-state index in [0.29, 0.717) is 0 Å². The Labute approximate surface area is 107 Å². The van der Waals surface area contributed by atoms with Crippen molar-refractivity contribution >= 4 is 11.3 Å². The SMILES string of the molecule is CC(C)(CCCO)CNCc1cc(C#N)cs1. The maximum Gasteiger partial charge on any atom is 0.100 e. The van der Waals surface area contributed by atoms with Crippen LogP contribution in [-0.4, -0.2) is 18.3 Å². The Balaban J connectivity index is 2.29. The van der Waals surface area contributed by atoms with Crippen LogP contribution in [0.4, 0.5) is 0 Å². The normalized spacial score (nSPS) is 11.4. The molecule has 0 atom stereocenters. The molecule has 0 bridgehead atoms. The quantitative estimate of drug-likeness (QED) is 0.784. The molecule has 0 unspecified atom stereocenters. The summed E-state index contributed by atoms with van der Waals surface area (Å²) in [5.74, 6) is 0. The largest absolute Gasteiger partial charge is 0.396 e. The van der Waals surface area contributed by atoms with Crippen molar-refractivity contribution in [2.75, 3.05) is 13.2 Å². The molecule has 1 heterocycles. The van der Waals surface area contributed by atoms with Crippen LogP contribution in [0.1, 0.15) is 37.1 Å². The molecule has 3 nitrogen and oxygen atoms in total. The van der Waals surface area contributed by atoms with E-state index in [1.807, 2.05) is 11.4 Å². The summed E-state index contributed by atoms with van der Waals surface area (Å²) in [5.41, 5.74) is 0.948. The maximum atomic E-state index is 8.81. The smallest absolute Gasteiger partial charge is 0.100 e. The van der Waals surface area contributed by atoms with Gasteiger partial charge >= 0.3 is 0 Å². The summed E-state index contributed by atoms with van der Waals surface area (Å²) in [6, 6.07) is 4.07. The molecule has 0 aliphatic carbocycles. The van der Waals surface area contributed by atoms with E-state index in [0.717, 1.165) is 31.5 Å². The number of aliphatic hydroxyl groups excluding tert-OH is 1. The third-order valence-electron chi connectivity index (χ3n) is 2.70. The number of nitrogens with zero attached hydrogens (tertiary/aromatic N) is 1. The van der Waals surface area contributed by atoms with Crippen LogP contribution in [0.15, 0.2) is 11.4 Å². The third-order valence-corrected chi connectivity index (χ3v) is 3.63. The number of nitriles is 1. The molecule has 0 aromatic carbocycles. The zero-order valence-electron chi connectivity index (χ0n) is 10.5. The summed E-state index contributed by atoms with van der Waals surface area (Å²) in [6.07, 6.45) is 1.87. The molecule has 0 spiro atoms. The van der Waals surface area contributed by atoms with Gasteiger partial charge in [0.05, 0.1) is 5.56 Å². The van der Waals surface area contributed by atoms with Crippen LogP contribution in [0, 0.1) is 16.7 Å². The molecule has 4 heteroatoms. The fourth-order valence-corrected chi connectivity index (χ4v) is 2.48. The molecular formula is C13H20N2OS. The lowest BCUT2D eigenvalue weighted by molar-refractivity contribution is 0.236. The van der Waals surface area contributed by atoms with E-state index in [1.165, 1.54) is 4.88 Å². The van der Waals surface area contributed by atoms with E-state index < -0.39 is 0 Å². The molecule has 2 N–H and O–H groups in total. The molecule has 0 aliphatic heterocycles. The molecule has 94 valence electrons. The average molecular weight is 252 g/mol. The van der Waals surface area contributed by atoms with E-state index in [4.69, 9.17) is 10.4 Å². The Hall–Kier alpha value is -0.890. The van der Waals surface area contributed by atoms with Crippen LogP contribution in [0.3, 0.4) is 0 Å². The Morgan fingerprint density at radius 2 is 2.29 bits per heavy atom. The van der Waals surface area contributed by atoms with Crippen LogP contribution >= 0.6 is 11.3 Å². The number of hydrogen-bond donors (Lipinski definition) is 2. The zero-order valence-corrected chi connectivity index (χ0v) is 11.3. The highest BCUT2D eigenvalue weighted by Gasteiger charge is 2.16. The minimum Gasteiger partial charge on any atom is -0.396 e. The van der Waals surface area contributed by atoms with Crippen LogP contribution < -0.4 is 5.32 Å². The second-order valence-corrected chi connectivity index (χ2v) is 6.00. The van der Waals surface area contributed by atoms with Crippen molar-refractivity contribution in [1.29, 1.82) is 5.26 Å². The lowest BCUT2D eigenvalue weighted by Gasteiger charge is -2.24. The van der Waals surface area contributed by atoms with Crippen LogP contribution in [0.25, 0.3) is 0 Å². The first-order valence-electron chi connectivity index (χ1n) is 5.86. The van der Waals surface area contributed by atoms with Crippen LogP contribution in [-0.2, 0) is 6.54 Å². The number of rotatable bonds is 7. The van der Waals surface area contributed by atoms with Gasteiger partial charge in [0, 0.05) is 30.0 Å². The maximum absolute atomic E-state index is 8.81. The van der Waals surface area contributed by atoms with E-state index in [9.17, 15) is 0 Å². The van der Waals surface area contributed by atoms with Gasteiger partial charge in [-0.05, 0) is 24.3 Å². The summed E-state index contributed by atoms with van der Waals surface area (Å²) >= 11 is 1.62. The zero-order chi connectivity index (χ0) is 12.7. The van der Waals surface area contributed by atoms with Crippen molar-refractivity contribution in [3.05, 3.63) is 21.9 Å². The molecule has 0 amide bonds. The van der Waals surface area contributed by atoms with Gasteiger partial charge in [0.25, 0.3) is 0 Å². The van der Waals surface area contributed by atoms with Gasteiger partial charge in [-0.15, -0.1) is 11.3 Å². The van der Waals surface area contributed by atoms with Gasteiger partial charge in [-0.2, -0.15) is 5.26 Å². The van der Waals surface area contributed by atoms with Crippen molar-refractivity contribution < 1.29 is 5.11 Å². The highest BCUT2D eigenvalue weighted by atomic mass is 32.1. The third kappa shape index (κ3) is 5.31. The number of nitrogens with one attached hydrogen (secondary N) is 1. The molecule has 1 aromatic rings. The molecular weight excluding hydrogens is 232 g/mol. The van der Waals surface area contributed by atoms with Crippen molar-refractivity contribution in [3.8, 4) is 6.07 Å². The average Bonchev–Trinajstić information content (AvgIpc) is 2.74. The summed E-state index contributed by atoms with van der Waals surface area (Å²) in [7, 11) is 0. The number of hydrogen-bond acceptors (Lipinski definition) is 4. The topological polar surface area (TPSA) is 56.0 Å². The second-order valence-electron chi connectivity index (χ2n) is 5.01. The van der Waals surface area contributed by atoms with Gasteiger partial charge in [-0.25, -0.2) is 0 Å². The minimum atomic E-state index is 0.206. The molecule has 0 saturated carbocycles. The Morgan fingerprint density at radius 3 is 2.88 bits per heavy atom. The summed E-state index contributed by atoms with van der Waals surface area (Å²) in [6.45, 7) is 6.40. The summed E-state index contributed by atoms with van der Waals surface area (Å²) < 4.78 is 0. The van der Waals surface area contributed by atoms with E-state index in [1.54, 1.807) is 11.3 Å². The first kappa shape index (κ1) is 14.2. The van der Waals surface area contributed by atoms with Crippen molar-refractivity contribution in [2.45, 2.75) is 33.2 Å². The molecule has 0 aliphatic rings. The van der Waals surface area contributed by atoms with Crippen molar-refractivity contribution in [3.63, 3.8) is 0 Å². The van der Waals surface area contributed by atoms with Crippen LogP contribution in [0.2, 0.25) is 0 Å². The summed E-state index contributed by atoms with van der Waals surface area (Å²) in [4.78, 5) is 1.19. The standard InChI is InChI=1S/C13H20N2OS/c1-13(2,4-3-5-16)10-15-8-12-6-11(7-14)9-17-12/h6,9,15-16H,3-5,8,10H2,1-2H3. The summed E-state index contributed by atoms with van der Waals surface area (Å²) in [5, 5.41) is 22.8. The highest BCUT2D eigenvalue weighted by molar-refractivity contribution is 7.10. The lowest BCUT2D eigenvalue weighted by Crippen LogP contribution is -2.29. The number of aliphatic hydroxyl groups is 1. The Kier molecular flexibility index (Phi) is 5.63. The van der Waals surface area contributed by atoms with E-state index in [2.05, 4.69) is 25.2 Å². The predicted octanol–water partition coefficient (Wildman–Crippen LogP) is 2.51. The Morgan fingerprint density at radius 1 is 1.53 bits per heavy atom. The monoisotopic (exact) mass is 252 g/mol. The first-order chi connectivity index (χ1) is 8.07. The fourth-order valence-electron chi connectivity index (χ4n) is 1.70. The Bertz CT molecular complexity index is 379. The van der Waals surface area contributed by atoms with E-state index >= 15 is 0 Å².